The van der Waals surface area contributed by atoms with Gasteiger partial charge in [0.25, 0.3) is 11.8 Å². The van der Waals surface area contributed by atoms with Gasteiger partial charge in [0.1, 0.15) is 0 Å². The first-order valence-electron chi connectivity index (χ1n) is 5.10. The monoisotopic (exact) mass is 236 g/mol. The van der Waals surface area contributed by atoms with E-state index in [4.69, 9.17) is 0 Å². The highest BCUT2D eigenvalue weighted by atomic mass is 16.3. The predicted molar refractivity (Wildman–Crippen MR) is 57.3 cm³/mol. The quantitative estimate of drug-likeness (QED) is 0.685. The maximum absolute atomic E-state index is 12.0. The van der Waals surface area contributed by atoms with E-state index in [1.807, 2.05) is 0 Å². The molecule has 0 spiro atoms. The van der Waals surface area contributed by atoms with Crippen LogP contribution < -0.4 is 0 Å². The zero-order chi connectivity index (χ0) is 12.6. The van der Waals surface area contributed by atoms with Crippen LogP contribution in [0.5, 0.6) is 0 Å². The molecule has 6 heteroatoms. The summed E-state index contributed by atoms with van der Waals surface area (Å²) >= 11 is 0. The molecule has 0 saturated carbocycles. The van der Waals surface area contributed by atoms with Crippen molar-refractivity contribution >= 4 is 11.8 Å². The fourth-order valence-corrected chi connectivity index (χ4v) is 1.77. The Balaban J connectivity index is 2.50. The van der Waals surface area contributed by atoms with Crippen LogP contribution in [0.4, 0.5) is 0 Å². The largest absolute Gasteiger partial charge is 0.394 e. The van der Waals surface area contributed by atoms with Gasteiger partial charge in [-0.2, -0.15) is 0 Å². The second-order valence-corrected chi connectivity index (χ2v) is 4.18. The van der Waals surface area contributed by atoms with Crippen LogP contribution in [-0.4, -0.2) is 50.7 Å². The van der Waals surface area contributed by atoms with Gasteiger partial charge in [-0.15, -0.1) is 0 Å². The van der Waals surface area contributed by atoms with Gasteiger partial charge in [-0.3, -0.25) is 19.5 Å². The molecule has 0 aliphatic carbocycles. The molecule has 1 aliphatic rings. The molecular formula is C11H12N2O4. The van der Waals surface area contributed by atoms with Crippen molar-refractivity contribution < 1.29 is 19.8 Å². The number of carbonyl (C=O) groups is 2. The summed E-state index contributed by atoms with van der Waals surface area (Å²) in [4.78, 5) is 28.7. The summed E-state index contributed by atoms with van der Waals surface area (Å²) in [5.41, 5.74) is -0.851. The van der Waals surface area contributed by atoms with E-state index in [9.17, 15) is 19.8 Å². The standard InChI is InChI=1S/C11H12N2O4/c1-11(5-14,6-15)13-9(16)7-2-3-12-4-8(7)10(13)17/h2-4,14-15H,5-6H2,1H3. The van der Waals surface area contributed by atoms with Crippen molar-refractivity contribution in [3.63, 3.8) is 0 Å². The van der Waals surface area contributed by atoms with Crippen LogP contribution in [0, 0.1) is 0 Å². The Morgan fingerprint density at radius 3 is 2.35 bits per heavy atom. The van der Waals surface area contributed by atoms with Crippen LogP contribution >= 0.6 is 0 Å². The molecule has 0 aromatic carbocycles. The molecule has 1 aromatic rings. The highest BCUT2D eigenvalue weighted by Gasteiger charge is 2.46. The summed E-state index contributed by atoms with van der Waals surface area (Å²) in [5, 5.41) is 18.5. The zero-order valence-corrected chi connectivity index (χ0v) is 9.25. The van der Waals surface area contributed by atoms with Crippen molar-refractivity contribution in [2.24, 2.45) is 0 Å². The van der Waals surface area contributed by atoms with Gasteiger partial charge < -0.3 is 10.2 Å². The minimum absolute atomic E-state index is 0.200. The first-order chi connectivity index (χ1) is 8.05. The molecule has 90 valence electrons. The minimum atomic E-state index is -1.30. The number of hydrogen-bond acceptors (Lipinski definition) is 5. The lowest BCUT2D eigenvalue weighted by atomic mass is 10.0. The van der Waals surface area contributed by atoms with Crippen LogP contribution in [0.25, 0.3) is 0 Å². The van der Waals surface area contributed by atoms with Crippen molar-refractivity contribution in [3.8, 4) is 0 Å². The van der Waals surface area contributed by atoms with Gasteiger partial charge >= 0.3 is 0 Å². The minimum Gasteiger partial charge on any atom is -0.394 e. The molecule has 2 rings (SSSR count). The van der Waals surface area contributed by atoms with Gasteiger partial charge in [-0.1, -0.05) is 0 Å². The Kier molecular flexibility index (Phi) is 2.68. The smallest absolute Gasteiger partial charge is 0.263 e. The SMILES string of the molecule is CC(CO)(CO)N1C(=O)c2ccncc2C1=O. The molecule has 17 heavy (non-hydrogen) atoms. The predicted octanol–water partition coefficient (Wildman–Crippen LogP) is -0.579. The maximum atomic E-state index is 12.0. The first-order valence-corrected chi connectivity index (χ1v) is 5.10. The third-order valence-corrected chi connectivity index (χ3v) is 2.91. The van der Waals surface area contributed by atoms with Crippen molar-refractivity contribution in [2.45, 2.75) is 12.5 Å². The zero-order valence-electron chi connectivity index (χ0n) is 9.25. The Labute approximate surface area is 97.5 Å². The molecule has 0 unspecified atom stereocenters. The maximum Gasteiger partial charge on any atom is 0.263 e. The summed E-state index contributed by atoms with van der Waals surface area (Å²) in [6, 6.07) is 1.45. The van der Waals surface area contributed by atoms with Crippen LogP contribution in [0.2, 0.25) is 0 Å². The van der Waals surface area contributed by atoms with Gasteiger partial charge in [-0.05, 0) is 13.0 Å². The summed E-state index contributed by atoms with van der Waals surface area (Å²) in [5.74, 6) is -1.05. The number of carbonyl (C=O) groups excluding carboxylic acids is 2. The molecule has 6 nitrogen and oxygen atoms in total. The summed E-state index contributed by atoms with van der Waals surface area (Å²) in [6.45, 7) is 0.451. The van der Waals surface area contributed by atoms with Crippen molar-refractivity contribution in [3.05, 3.63) is 29.6 Å². The highest BCUT2D eigenvalue weighted by molar-refractivity contribution is 6.21. The number of amides is 2. The first kappa shape index (κ1) is 11.7. The van der Waals surface area contributed by atoms with E-state index in [-0.39, 0.29) is 11.1 Å². The molecule has 2 N–H and O–H groups in total. The van der Waals surface area contributed by atoms with Crippen LogP contribution in [0.3, 0.4) is 0 Å². The number of fused-ring (bicyclic) bond motifs is 1. The molecule has 0 atom stereocenters. The fraction of sp³-hybridized carbons (Fsp3) is 0.364. The number of aliphatic hydroxyl groups is 2. The topological polar surface area (TPSA) is 90.7 Å². The molecule has 0 fully saturated rings. The third kappa shape index (κ3) is 1.53. The Morgan fingerprint density at radius 2 is 1.82 bits per heavy atom. The van der Waals surface area contributed by atoms with E-state index in [1.165, 1.54) is 25.4 Å². The number of hydrogen-bond donors (Lipinski definition) is 2. The van der Waals surface area contributed by atoms with E-state index in [0.29, 0.717) is 0 Å². The number of aromatic nitrogens is 1. The molecule has 0 radical (unpaired) electrons. The summed E-state index contributed by atoms with van der Waals surface area (Å²) in [6.07, 6.45) is 2.73. The highest BCUT2D eigenvalue weighted by Crippen LogP contribution is 2.28. The average Bonchev–Trinajstić information content (AvgIpc) is 2.62. The second kappa shape index (κ2) is 3.90. The van der Waals surface area contributed by atoms with Crippen LogP contribution in [0.1, 0.15) is 27.6 Å². The molecule has 0 saturated heterocycles. The number of rotatable bonds is 3. The lowest BCUT2D eigenvalue weighted by Crippen LogP contribution is -2.54. The van der Waals surface area contributed by atoms with Gasteiger partial charge in [0.2, 0.25) is 0 Å². The van der Waals surface area contributed by atoms with E-state index >= 15 is 0 Å². The second-order valence-electron chi connectivity index (χ2n) is 4.18. The van der Waals surface area contributed by atoms with Crippen LogP contribution in [-0.2, 0) is 0 Å². The van der Waals surface area contributed by atoms with Gasteiger partial charge in [0.15, 0.2) is 0 Å². The number of imide groups is 1. The van der Waals surface area contributed by atoms with E-state index < -0.39 is 30.6 Å². The van der Waals surface area contributed by atoms with Crippen molar-refractivity contribution in [1.82, 2.24) is 9.88 Å². The number of pyridine rings is 1. The Bertz CT molecular complexity index is 447. The van der Waals surface area contributed by atoms with Gasteiger partial charge in [0.05, 0.1) is 29.9 Å². The van der Waals surface area contributed by atoms with Gasteiger partial charge in [0, 0.05) is 12.4 Å². The van der Waals surface area contributed by atoms with Crippen LogP contribution in [0.15, 0.2) is 18.5 Å². The number of aliphatic hydroxyl groups excluding tert-OH is 2. The Hall–Kier alpha value is -1.79. The molecule has 0 bridgehead atoms. The molecule has 2 amide bonds. The molecule has 2 heterocycles. The average molecular weight is 236 g/mol. The van der Waals surface area contributed by atoms with E-state index in [2.05, 4.69) is 4.98 Å². The molecular weight excluding hydrogens is 224 g/mol. The number of nitrogens with zero attached hydrogens (tertiary/aromatic N) is 2. The lowest BCUT2D eigenvalue weighted by molar-refractivity contribution is 0.00988. The van der Waals surface area contributed by atoms with E-state index in [1.54, 1.807) is 0 Å². The lowest BCUT2D eigenvalue weighted by Gasteiger charge is -2.33. The van der Waals surface area contributed by atoms with E-state index in [0.717, 1.165) is 4.90 Å². The molecule has 1 aromatic heterocycles. The van der Waals surface area contributed by atoms with Crippen molar-refractivity contribution in [2.75, 3.05) is 13.2 Å². The normalized spacial score (nSPS) is 15.4. The summed E-state index contributed by atoms with van der Waals surface area (Å²) < 4.78 is 0. The van der Waals surface area contributed by atoms with Gasteiger partial charge in [-0.25, -0.2) is 0 Å². The third-order valence-electron chi connectivity index (χ3n) is 2.91. The fourth-order valence-electron chi connectivity index (χ4n) is 1.77. The molecule has 1 aliphatic heterocycles. The summed E-state index contributed by atoms with van der Waals surface area (Å²) in [7, 11) is 0. The Morgan fingerprint density at radius 1 is 1.24 bits per heavy atom. The van der Waals surface area contributed by atoms with Crippen molar-refractivity contribution in [1.29, 1.82) is 0 Å².